The van der Waals surface area contributed by atoms with Crippen molar-refractivity contribution in [2.75, 3.05) is 33.2 Å². The molecule has 178 valence electrons. The van der Waals surface area contributed by atoms with E-state index in [0.717, 1.165) is 49.5 Å². The first kappa shape index (κ1) is 23.0. The topological polar surface area (TPSA) is 66.3 Å². The molecule has 1 N–H and O–H groups in total. The Balaban J connectivity index is 1.31. The van der Waals surface area contributed by atoms with Gasteiger partial charge < -0.3 is 10.2 Å². The smallest absolute Gasteiger partial charge is 0.255 e. The van der Waals surface area contributed by atoms with Gasteiger partial charge in [0.2, 0.25) is 0 Å². The van der Waals surface area contributed by atoms with Crippen LogP contribution in [0, 0.1) is 0 Å². The van der Waals surface area contributed by atoms with E-state index >= 15 is 0 Å². The molecule has 0 unspecified atom stereocenters. The van der Waals surface area contributed by atoms with Crippen LogP contribution in [0.15, 0.2) is 85.3 Å². The molecule has 0 bridgehead atoms. The Hall–Kier alpha value is -3.81. The Morgan fingerprint density at radius 1 is 0.943 bits per heavy atom. The number of nitrogens with zero attached hydrogens (tertiary/aromatic N) is 5. The summed E-state index contributed by atoms with van der Waals surface area (Å²) >= 11 is 0. The molecule has 1 aliphatic rings. The number of hydrogen-bond donors (Lipinski definition) is 1. The minimum Gasteiger partial charge on any atom is -0.348 e. The quantitative estimate of drug-likeness (QED) is 0.451. The maximum atomic E-state index is 13.3. The Morgan fingerprint density at radius 2 is 1.74 bits per heavy atom. The number of nitrogens with one attached hydrogen (secondary N) is 1. The van der Waals surface area contributed by atoms with Gasteiger partial charge in [0, 0.05) is 63.4 Å². The summed E-state index contributed by atoms with van der Waals surface area (Å²) in [6.45, 7) is 5.76. The number of piperazine rings is 1. The van der Waals surface area contributed by atoms with Crippen LogP contribution in [0.1, 0.15) is 21.5 Å². The van der Waals surface area contributed by atoms with Gasteiger partial charge in [-0.15, -0.1) is 0 Å². The largest absolute Gasteiger partial charge is 0.348 e. The van der Waals surface area contributed by atoms with Crippen molar-refractivity contribution in [1.82, 2.24) is 29.9 Å². The van der Waals surface area contributed by atoms with E-state index in [4.69, 9.17) is 5.10 Å². The highest BCUT2D eigenvalue weighted by atomic mass is 16.1. The lowest BCUT2D eigenvalue weighted by molar-refractivity contribution is 0.0951. The number of likely N-dealkylation sites (N-methyl/N-ethyl adjacent to an activating group) is 1. The molecule has 2 aromatic heterocycles. The van der Waals surface area contributed by atoms with Crippen molar-refractivity contribution in [3.05, 3.63) is 102 Å². The highest BCUT2D eigenvalue weighted by molar-refractivity contribution is 5.99. The Morgan fingerprint density at radius 3 is 2.51 bits per heavy atom. The molecule has 4 aromatic rings. The first-order chi connectivity index (χ1) is 17.2. The molecule has 7 nitrogen and oxygen atoms in total. The minimum atomic E-state index is -0.157. The summed E-state index contributed by atoms with van der Waals surface area (Å²) in [4.78, 5) is 22.3. The molecule has 0 atom stereocenters. The second kappa shape index (κ2) is 10.6. The molecule has 1 aliphatic heterocycles. The van der Waals surface area contributed by atoms with Crippen LogP contribution in [0.4, 0.5) is 0 Å². The molecule has 0 saturated carbocycles. The molecule has 0 radical (unpaired) electrons. The first-order valence-corrected chi connectivity index (χ1v) is 12.0. The number of aromatic nitrogens is 3. The van der Waals surface area contributed by atoms with Crippen molar-refractivity contribution in [2.24, 2.45) is 0 Å². The Labute approximate surface area is 206 Å². The van der Waals surface area contributed by atoms with Gasteiger partial charge >= 0.3 is 0 Å². The van der Waals surface area contributed by atoms with Crippen LogP contribution in [-0.4, -0.2) is 63.7 Å². The number of carbonyl (C=O) groups is 1. The fraction of sp³-hybridized carbons (Fsp3) is 0.250. The number of pyridine rings is 1. The molecule has 1 fully saturated rings. The molecule has 0 aliphatic carbocycles. The van der Waals surface area contributed by atoms with E-state index in [9.17, 15) is 4.79 Å². The fourth-order valence-corrected chi connectivity index (χ4v) is 4.35. The van der Waals surface area contributed by atoms with Crippen LogP contribution in [0.3, 0.4) is 0 Å². The normalized spacial score (nSPS) is 14.7. The van der Waals surface area contributed by atoms with Crippen molar-refractivity contribution in [2.45, 2.75) is 13.1 Å². The van der Waals surface area contributed by atoms with Crippen LogP contribution in [0.5, 0.6) is 0 Å². The van der Waals surface area contributed by atoms with E-state index in [0.29, 0.717) is 17.8 Å². The molecule has 7 heteroatoms. The van der Waals surface area contributed by atoms with E-state index in [2.05, 4.69) is 51.4 Å². The molecule has 5 rings (SSSR count). The van der Waals surface area contributed by atoms with Crippen LogP contribution in [0.2, 0.25) is 0 Å². The first-order valence-electron chi connectivity index (χ1n) is 12.0. The molecule has 35 heavy (non-hydrogen) atoms. The third kappa shape index (κ3) is 5.65. The van der Waals surface area contributed by atoms with E-state index in [1.54, 1.807) is 23.3 Å². The second-order valence-electron chi connectivity index (χ2n) is 9.00. The number of benzene rings is 2. The molecular weight excluding hydrogens is 436 g/mol. The number of amides is 1. The van der Waals surface area contributed by atoms with Gasteiger partial charge in [-0.25, -0.2) is 4.68 Å². The minimum absolute atomic E-state index is 0.157. The van der Waals surface area contributed by atoms with Crippen molar-refractivity contribution >= 4 is 5.91 Å². The SMILES string of the molecule is CN1CCN(Cc2cccc(CNC(=O)c3cn(-c4ccccc4)nc3-c3cccnc3)c2)CC1. The van der Waals surface area contributed by atoms with Gasteiger partial charge in [-0.2, -0.15) is 5.10 Å². The fourth-order valence-electron chi connectivity index (χ4n) is 4.35. The number of rotatable bonds is 7. The standard InChI is InChI=1S/C28H30N6O/c1-32-13-15-33(16-14-32)20-23-8-5-7-22(17-23)18-30-28(35)26-21-34(25-10-3-2-4-11-25)31-27(26)24-9-6-12-29-19-24/h2-12,17,19,21H,13-16,18,20H2,1H3,(H,30,35). The summed E-state index contributed by atoms with van der Waals surface area (Å²) in [5, 5.41) is 7.81. The lowest BCUT2D eigenvalue weighted by Crippen LogP contribution is -2.43. The maximum Gasteiger partial charge on any atom is 0.255 e. The summed E-state index contributed by atoms with van der Waals surface area (Å²) in [7, 11) is 2.17. The van der Waals surface area contributed by atoms with E-state index in [1.165, 1.54) is 5.56 Å². The molecular formula is C28H30N6O. The lowest BCUT2D eigenvalue weighted by atomic mass is 10.1. The van der Waals surface area contributed by atoms with Crippen molar-refractivity contribution in [3.8, 4) is 16.9 Å². The number of carbonyl (C=O) groups excluding carboxylic acids is 1. The zero-order valence-electron chi connectivity index (χ0n) is 20.0. The number of hydrogen-bond acceptors (Lipinski definition) is 5. The van der Waals surface area contributed by atoms with Crippen LogP contribution >= 0.6 is 0 Å². The molecule has 1 amide bonds. The summed E-state index contributed by atoms with van der Waals surface area (Å²) < 4.78 is 1.74. The van der Waals surface area contributed by atoms with E-state index in [1.807, 2.05) is 42.5 Å². The summed E-state index contributed by atoms with van der Waals surface area (Å²) in [5.41, 5.74) is 5.20. The Bertz CT molecular complexity index is 1260. The maximum absolute atomic E-state index is 13.3. The lowest BCUT2D eigenvalue weighted by Gasteiger charge is -2.32. The average molecular weight is 467 g/mol. The second-order valence-corrected chi connectivity index (χ2v) is 9.00. The molecule has 2 aromatic carbocycles. The van der Waals surface area contributed by atoms with Gasteiger partial charge in [-0.05, 0) is 42.4 Å². The summed E-state index contributed by atoms with van der Waals surface area (Å²) in [6, 6.07) is 22.0. The van der Waals surface area contributed by atoms with Gasteiger partial charge in [0.1, 0.15) is 5.69 Å². The predicted molar refractivity (Wildman–Crippen MR) is 137 cm³/mol. The number of para-hydroxylation sites is 1. The Kier molecular flexibility index (Phi) is 6.97. The zero-order valence-corrected chi connectivity index (χ0v) is 20.0. The van der Waals surface area contributed by atoms with Gasteiger partial charge in [0.15, 0.2) is 0 Å². The van der Waals surface area contributed by atoms with E-state index < -0.39 is 0 Å². The average Bonchev–Trinajstić information content (AvgIpc) is 3.36. The summed E-state index contributed by atoms with van der Waals surface area (Å²) in [6.07, 6.45) is 5.24. The van der Waals surface area contributed by atoms with Gasteiger partial charge in [-0.3, -0.25) is 14.7 Å². The molecule has 3 heterocycles. The van der Waals surface area contributed by atoms with Crippen LogP contribution in [-0.2, 0) is 13.1 Å². The highest BCUT2D eigenvalue weighted by Crippen LogP contribution is 2.23. The highest BCUT2D eigenvalue weighted by Gasteiger charge is 2.19. The van der Waals surface area contributed by atoms with Gasteiger partial charge in [0.25, 0.3) is 5.91 Å². The molecule has 0 spiro atoms. The molecule has 1 saturated heterocycles. The predicted octanol–water partition coefficient (Wildman–Crippen LogP) is 3.61. The monoisotopic (exact) mass is 466 g/mol. The van der Waals surface area contributed by atoms with Crippen LogP contribution < -0.4 is 5.32 Å². The van der Waals surface area contributed by atoms with Crippen molar-refractivity contribution in [3.63, 3.8) is 0 Å². The summed E-state index contributed by atoms with van der Waals surface area (Å²) in [5.74, 6) is -0.157. The third-order valence-corrected chi connectivity index (χ3v) is 6.36. The van der Waals surface area contributed by atoms with Crippen LogP contribution in [0.25, 0.3) is 16.9 Å². The zero-order chi connectivity index (χ0) is 24.0. The van der Waals surface area contributed by atoms with E-state index in [-0.39, 0.29) is 5.91 Å². The third-order valence-electron chi connectivity index (χ3n) is 6.36. The van der Waals surface area contributed by atoms with Gasteiger partial charge in [0.05, 0.1) is 11.3 Å². The van der Waals surface area contributed by atoms with Crippen molar-refractivity contribution < 1.29 is 4.79 Å². The van der Waals surface area contributed by atoms with Crippen molar-refractivity contribution in [1.29, 1.82) is 0 Å². The van der Waals surface area contributed by atoms with Gasteiger partial charge in [-0.1, -0.05) is 42.5 Å².